The van der Waals surface area contributed by atoms with Crippen LogP contribution in [-0.2, 0) is 0 Å². The SMILES string of the molecule is NC[C@@H](F)c1cccc(F)c1. The van der Waals surface area contributed by atoms with Crippen LogP contribution in [0.1, 0.15) is 11.7 Å². The van der Waals surface area contributed by atoms with E-state index in [9.17, 15) is 8.78 Å². The lowest BCUT2D eigenvalue weighted by atomic mass is 10.1. The van der Waals surface area contributed by atoms with Crippen LogP contribution in [0.15, 0.2) is 24.3 Å². The first-order chi connectivity index (χ1) is 5.24. The quantitative estimate of drug-likeness (QED) is 0.695. The summed E-state index contributed by atoms with van der Waals surface area (Å²) in [6, 6.07) is 5.40. The second kappa shape index (κ2) is 3.44. The van der Waals surface area contributed by atoms with Gasteiger partial charge in [0, 0.05) is 6.54 Å². The van der Waals surface area contributed by atoms with E-state index in [0.717, 1.165) is 6.07 Å². The Morgan fingerprint density at radius 3 is 2.73 bits per heavy atom. The van der Waals surface area contributed by atoms with Crippen molar-refractivity contribution in [3.05, 3.63) is 35.6 Å². The second-order valence-corrected chi connectivity index (χ2v) is 2.26. The van der Waals surface area contributed by atoms with Gasteiger partial charge in [-0.1, -0.05) is 12.1 Å². The normalized spacial score (nSPS) is 13.0. The Bertz CT molecular complexity index is 237. The van der Waals surface area contributed by atoms with Crippen LogP contribution in [0.25, 0.3) is 0 Å². The number of hydrogen-bond acceptors (Lipinski definition) is 1. The number of hydrogen-bond donors (Lipinski definition) is 1. The highest BCUT2D eigenvalue weighted by atomic mass is 19.1. The molecule has 0 bridgehead atoms. The molecule has 0 aliphatic carbocycles. The third kappa shape index (κ3) is 1.98. The third-order valence-corrected chi connectivity index (χ3v) is 1.42. The van der Waals surface area contributed by atoms with Gasteiger partial charge in [-0.05, 0) is 17.7 Å². The zero-order valence-electron chi connectivity index (χ0n) is 5.93. The molecule has 0 fully saturated rings. The smallest absolute Gasteiger partial charge is 0.137 e. The van der Waals surface area contributed by atoms with E-state index >= 15 is 0 Å². The molecule has 60 valence electrons. The van der Waals surface area contributed by atoms with Crippen molar-refractivity contribution in [1.82, 2.24) is 0 Å². The van der Waals surface area contributed by atoms with Crippen LogP contribution in [0.4, 0.5) is 8.78 Å². The Hall–Kier alpha value is -0.960. The minimum Gasteiger partial charge on any atom is -0.327 e. The Balaban J connectivity index is 2.86. The molecule has 0 amide bonds. The highest BCUT2D eigenvalue weighted by Gasteiger charge is 2.06. The zero-order chi connectivity index (χ0) is 8.27. The van der Waals surface area contributed by atoms with Crippen LogP contribution in [0.3, 0.4) is 0 Å². The first-order valence-electron chi connectivity index (χ1n) is 3.33. The predicted molar refractivity (Wildman–Crippen MR) is 39.3 cm³/mol. The molecule has 0 saturated carbocycles. The van der Waals surface area contributed by atoms with E-state index in [1.807, 2.05) is 0 Å². The average molecular weight is 157 g/mol. The number of rotatable bonds is 2. The first kappa shape index (κ1) is 8.14. The van der Waals surface area contributed by atoms with E-state index in [4.69, 9.17) is 5.73 Å². The molecular formula is C8H9F2N. The second-order valence-electron chi connectivity index (χ2n) is 2.26. The molecule has 2 N–H and O–H groups in total. The summed E-state index contributed by atoms with van der Waals surface area (Å²) in [5.41, 5.74) is 5.36. The lowest BCUT2D eigenvalue weighted by Gasteiger charge is -2.03. The third-order valence-electron chi connectivity index (χ3n) is 1.42. The fraction of sp³-hybridized carbons (Fsp3) is 0.250. The summed E-state index contributed by atoms with van der Waals surface area (Å²) in [5, 5.41) is 0. The van der Waals surface area contributed by atoms with E-state index in [1.165, 1.54) is 18.2 Å². The summed E-state index contributed by atoms with van der Waals surface area (Å²) >= 11 is 0. The molecule has 1 aromatic rings. The zero-order valence-corrected chi connectivity index (χ0v) is 5.93. The molecule has 1 aromatic carbocycles. The minimum absolute atomic E-state index is 0.108. The summed E-state index contributed by atoms with van der Waals surface area (Å²) in [5.74, 6) is -0.432. The average Bonchev–Trinajstić information content (AvgIpc) is 2.03. The van der Waals surface area contributed by atoms with E-state index in [1.54, 1.807) is 0 Å². The lowest BCUT2D eigenvalue weighted by molar-refractivity contribution is 0.351. The van der Waals surface area contributed by atoms with Crippen molar-refractivity contribution in [2.75, 3.05) is 6.54 Å². The maximum atomic E-state index is 12.8. The van der Waals surface area contributed by atoms with E-state index < -0.39 is 12.0 Å². The monoisotopic (exact) mass is 157 g/mol. The number of nitrogens with two attached hydrogens (primary N) is 1. The molecule has 0 aliphatic rings. The molecule has 0 heterocycles. The molecule has 0 saturated heterocycles. The van der Waals surface area contributed by atoms with Gasteiger partial charge in [-0.25, -0.2) is 8.78 Å². The molecule has 3 heteroatoms. The van der Waals surface area contributed by atoms with Crippen molar-refractivity contribution in [2.45, 2.75) is 6.17 Å². The van der Waals surface area contributed by atoms with Crippen molar-refractivity contribution < 1.29 is 8.78 Å². The Morgan fingerprint density at radius 2 is 2.18 bits per heavy atom. The van der Waals surface area contributed by atoms with E-state index in [-0.39, 0.29) is 6.54 Å². The molecule has 0 aliphatic heterocycles. The number of halogens is 2. The van der Waals surface area contributed by atoms with Gasteiger partial charge in [-0.2, -0.15) is 0 Å². The van der Waals surface area contributed by atoms with Gasteiger partial charge < -0.3 is 5.73 Å². The van der Waals surface area contributed by atoms with Crippen LogP contribution in [0.5, 0.6) is 0 Å². The van der Waals surface area contributed by atoms with Gasteiger partial charge in [0.05, 0.1) is 0 Å². The van der Waals surface area contributed by atoms with Gasteiger partial charge >= 0.3 is 0 Å². The van der Waals surface area contributed by atoms with Gasteiger partial charge in [-0.15, -0.1) is 0 Å². The molecule has 1 rings (SSSR count). The van der Waals surface area contributed by atoms with Gasteiger partial charge in [0.2, 0.25) is 0 Å². The van der Waals surface area contributed by atoms with Gasteiger partial charge in [0.15, 0.2) is 0 Å². The molecule has 0 radical (unpaired) electrons. The van der Waals surface area contributed by atoms with Crippen LogP contribution in [0, 0.1) is 5.82 Å². The summed E-state index contributed by atoms with van der Waals surface area (Å²) in [6.45, 7) is -0.108. The summed E-state index contributed by atoms with van der Waals surface area (Å²) < 4.78 is 25.2. The van der Waals surface area contributed by atoms with Gasteiger partial charge in [0.1, 0.15) is 12.0 Å². The molecular weight excluding hydrogens is 148 g/mol. The number of benzene rings is 1. The van der Waals surface area contributed by atoms with E-state index in [2.05, 4.69) is 0 Å². The molecule has 1 atom stereocenters. The largest absolute Gasteiger partial charge is 0.327 e. The van der Waals surface area contributed by atoms with Crippen LogP contribution < -0.4 is 5.73 Å². The summed E-state index contributed by atoms with van der Waals surface area (Å²) in [6.07, 6.45) is -1.26. The number of alkyl halides is 1. The van der Waals surface area contributed by atoms with Gasteiger partial charge in [-0.3, -0.25) is 0 Å². The molecule has 11 heavy (non-hydrogen) atoms. The first-order valence-corrected chi connectivity index (χ1v) is 3.33. The van der Waals surface area contributed by atoms with Crippen LogP contribution in [-0.4, -0.2) is 6.54 Å². The summed E-state index contributed by atoms with van der Waals surface area (Å²) in [4.78, 5) is 0. The Morgan fingerprint density at radius 1 is 1.45 bits per heavy atom. The standard InChI is InChI=1S/C8H9F2N/c9-7-3-1-2-6(4-7)8(10)5-11/h1-4,8H,5,11H2/t8-/m1/s1. The van der Waals surface area contributed by atoms with Crippen molar-refractivity contribution in [3.8, 4) is 0 Å². The molecule has 1 nitrogen and oxygen atoms in total. The molecule has 0 spiro atoms. The van der Waals surface area contributed by atoms with Gasteiger partial charge in [0.25, 0.3) is 0 Å². The topological polar surface area (TPSA) is 26.0 Å². The van der Waals surface area contributed by atoms with Crippen molar-refractivity contribution in [1.29, 1.82) is 0 Å². The maximum Gasteiger partial charge on any atom is 0.137 e. The van der Waals surface area contributed by atoms with E-state index in [0.29, 0.717) is 5.56 Å². The van der Waals surface area contributed by atoms with Crippen LogP contribution in [0.2, 0.25) is 0 Å². The lowest BCUT2D eigenvalue weighted by Crippen LogP contribution is -2.07. The van der Waals surface area contributed by atoms with Crippen LogP contribution >= 0.6 is 0 Å². The van der Waals surface area contributed by atoms with Crippen molar-refractivity contribution in [3.63, 3.8) is 0 Å². The summed E-state index contributed by atoms with van der Waals surface area (Å²) in [7, 11) is 0. The fourth-order valence-corrected chi connectivity index (χ4v) is 0.838. The minimum atomic E-state index is -1.26. The Kier molecular flexibility index (Phi) is 2.54. The highest BCUT2D eigenvalue weighted by Crippen LogP contribution is 2.15. The maximum absolute atomic E-state index is 12.8. The van der Waals surface area contributed by atoms with Crippen molar-refractivity contribution >= 4 is 0 Å². The van der Waals surface area contributed by atoms with Crippen molar-refractivity contribution in [2.24, 2.45) is 5.73 Å². The predicted octanol–water partition coefficient (Wildman–Crippen LogP) is 1.79. The fourth-order valence-electron chi connectivity index (χ4n) is 0.838. The highest BCUT2D eigenvalue weighted by molar-refractivity contribution is 5.18. The molecule has 0 unspecified atom stereocenters. The Labute approximate surface area is 63.8 Å². The molecule has 0 aromatic heterocycles.